The minimum Gasteiger partial charge on any atom is -0.355 e. The molecule has 0 bridgehead atoms. The molecule has 0 saturated heterocycles. The van der Waals surface area contributed by atoms with Crippen LogP contribution in [0.1, 0.15) is 25.1 Å². The first-order chi connectivity index (χ1) is 10.8. The summed E-state index contributed by atoms with van der Waals surface area (Å²) in [4.78, 5) is 16.5. The zero-order chi connectivity index (χ0) is 14.9. The minimum atomic E-state index is 0.222. The fourth-order valence-electron chi connectivity index (χ4n) is 3.12. The van der Waals surface area contributed by atoms with E-state index in [1.165, 1.54) is 12.8 Å². The van der Waals surface area contributed by atoms with Crippen LogP contribution in [0.25, 0.3) is 11.4 Å². The lowest BCUT2D eigenvalue weighted by molar-refractivity contribution is -0.122. The summed E-state index contributed by atoms with van der Waals surface area (Å²) in [5, 5.41) is 10.2. The first kappa shape index (κ1) is 13.5. The van der Waals surface area contributed by atoms with Crippen molar-refractivity contribution in [2.45, 2.75) is 25.7 Å². The number of H-pyrrole nitrogens is 1. The smallest absolute Gasteiger partial charge is 0.223 e. The van der Waals surface area contributed by atoms with Crippen LogP contribution in [-0.4, -0.2) is 27.6 Å². The lowest BCUT2D eigenvalue weighted by Gasteiger charge is -2.02. The number of carbonyl (C=O) groups is 1. The first-order valence-corrected chi connectivity index (χ1v) is 8.05. The van der Waals surface area contributed by atoms with Gasteiger partial charge in [0.2, 0.25) is 5.91 Å². The maximum Gasteiger partial charge on any atom is 0.223 e. The number of nitrogens with zero attached hydrogens (tertiary/aromatic N) is 2. The largest absolute Gasteiger partial charge is 0.355 e. The first-order valence-electron chi connectivity index (χ1n) is 8.05. The zero-order valence-corrected chi connectivity index (χ0v) is 12.5. The maximum absolute atomic E-state index is 12.0. The molecule has 22 heavy (non-hydrogen) atoms. The van der Waals surface area contributed by atoms with Crippen molar-refractivity contribution < 1.29 is 4.79 Å². The number of carbonyl (C=O) groups excluding carboxylic acids is 1. The van der Waals surface area contributed by atoms with Crippen LogP contribution >= 0.6 is 0 Å². The average Bonchev–Trinajstić information content (AvgIpc) is 3.44. The molecular formula is C17H20N4O. The summed E-state index contributed by atoms with van der Waals surface area (Å²) in [6, 6.07) is 9.88. The number of rotatable bonds is 6. The highest BCUT2D eigenvalue weighted by Gasteiger charge is 2.50. The van der Waals surface area contributed by atoms with E-state index < -0.39 is 0 Å². The van der Waals surface area contributed by atoms with Crippen LogP contribution in [0.4, 0.5) is 0 Å². The SMILES string of the molecule is O=C(NCCc1nc(-c2ccccc2)n[nH]1)[C@H]1C[C@@H]1C1CC1. The van der Waals surface area contributed by atoms with Gasteiger partial charge >= 0.3 is 0 Å². The third-order valence-corrected chi connectivity index (χ3v) is 4.63. The van der Waals surface area contributed by atoms with Gasteiger partial charge in [0.15, 0.2) is 5.82 Å². The highest BCUT2D eigenvalue weighted by Crippen LogP contribution is 2.54. The van der Waals surface area contributed by atoms with Gasteiger partial charge < -0.3 is 5.32 Å². The summed E-state index contributed by atoms with van der Waals surface area (Å²) >= 11 is 0. The molecule has 1 heterocycles. The second-order valence-electron chi connectivity index (χ2n) is 6.36. The molecule has 4 rings (SSSR count). The third kappa shape index (κ3) is 2.89. The molecule has 2 aliphatic rings. The Morgan fingerprint density at radius 3 is 2.86 bits per heavy atom. The molecule has 0 aliphatic heterocycles. The van der Waals surface area contributed by atoms with Gasteiger partial charge in [-0.3, -0.25) is 9.89 Å². The van der Waals surface area contributed by atoms with E-state index >= 15 is 0 Å². The monoisotopic (exact) mass is 296 g/mol. The molecule has 2 aliphatic carbocycles. The van der Waals surface area contributed by atoms with E-state index in [0.29, 0.717) is 24.7 Å². The van der Waals surface area contributed by atoms with Gasteiger partial charge in [0.05, 0.1) is 0 Å². The number of benzene rings is 1. The van der Waals surface area contributed by atoms with Crippen LogP contribution < -0.4 is 5.32 Å². The van der Waals surface area contributed by atoms with Gasteiger partial charge in [-0.15, -0.1) is 0 Å². The number of hydrogen-bond acceptors (Lipinski definition) is 3. The highest BCUT2D eigenvalue weighted by molar-refractivity contribution is 5.81. The van der Waals surface area contributed by atoms with Gasteiger partial charge in [-0.05, 0) is 31.1 Å². The Bertz CT molecular complexity index is 662. The Labute approximate surface area is 129 Å². The molecule has 0 unspecified atom stereocenters. The predicted octanol–water partition coefficient (Wildman–Crippen LogP) is 2.18. The predicted molar refractivity (Wildman–Crippen MR) is 82.9 cm³/mol. The minimum absolute atomic E-state index is 0.222. The Balaban J connectivity index is 1.26. The Morgan fingerprint density at radius 1 is 1.27 bits per heavy atom. The summed E-state index contributed by atoms with van der Waals surface area (Å²) in [7, 11) is 0. The molecule has 1 amide bonds. The maximum atomic E-state index is 12.0. The lowest BCUT2D eigenvalue weighted by Crippen LogP contribution is -2.28. The Kier molecular flexibility index (Phi) is 3.41. The molecule has 0 spiro atoms. The summed E-state index contributed by atoms with van der Waals surface area (Å²) in [5.41, 5.74) is 0.999. The van der Waals surface area contributed by atoms with Gasteiger partial charge in [-0.1, -0.05) is 30.3 Å². The Morgan fingerprint density at radius 2 is 2.09 bits per heavy atom. The number of aromatic amines is 1. The molecule has 0 radical (unpaired) electrons. The summed E-state index contributed by atoms with van der Waals surface area (Å²) in [6.45, 7) is 0.621. The van der Waals surface area contributed by atoms with Crippen LogP contribution in [0, 0.1) is 17.8 Å². The summed E-state index contributed by atoms with van der Waals surface area (Å²) in [5.74, 6) is 3.54. The summed E-state index contributed by atoms with van der Waals surface area (Å²) < 4.78 is 0. The van der Waals surface area contributed by atoms with E-state index in [4.69, 9.17) is 0 Å². The molecule has 2 saturated carbocycles. The van der Waals surface area contributed by atoms with Crippen molar-refractivity contribution in [1.82, 2.24) is 20.5 Å². The molecule has 1 aromatic heterocycles. The zero-order valence-electron chi connectivity index (χ0n) is 12.5. The Hall–Kier alpha value is -2.17. The van der Waals surface area contributed by atoms with Crippen molar-refractivity contribution in [3.63, 3.8) is 0 Å². The number of hydrogen-bond donors (Lipinski definition) is 2. The van der Waals surface area contributed by atoms with Crippen LogP contribution in [0.2, 0.25) is 0 Å². The third-order valence-electron chi connectivity index (χ3n) is 4.63. The molecule has 5 heteroatoms. The highest BCUT2D eigenvalue weighted by atomic mass is 16.2. The lowest BCUT2D eigenvalue weighted by atomic mass is 10.2. The molecular weight excluding hydrogens is 276 g/mol. The quantitative estimate of drug-likeness (QED) is 0.858. The number of amides is 1. The van der Waals surface area contributed by atoms with Crippen LogP contribution in [0.15, 0.2) is 30.3 Å². The van der Waals surface area contributed by atoms with E-state index in [1.54, 1.807) is 0 Å². The van der Waals surface area contributed by atoms with Gasteiger partial charge in [-0.2, -0.15) is 5.10 Å². The number of nitrogens with one attached hydrogen (secondary N) is 2. The van der Waals surface area contributed by atoms with Crippen LogP contribution in [0.3, 0.4) is 0 Å². The van der Waals surface area contributed by atoms with Crippen molar-refractivity contribution >= 4 is 5.91 Å². The molecule has 5 nitrogen and oxygen atoms in total. The molecule has 2 aromatic rings. The second-order valence-corrected chi connectivity index (χ2v) is 6.36. The van der Waals surface area contributed by atoms with E-state index in [2.05, 4.69) is 20.5 Å². The molecule has 2 N–H and O–H groups in total. The van der Waals surface area contributed by atoms with Crippen molar-refractivity contribution in [3.8, 4) is 11.4 Å². The fraction of sp³-hybridized carbons (Fsp3) is 0.471. The van der Waals surface area contributed by atoms with Gasteiger partial charge in [0.25, 0.3) is 0 Å². The summed E-state index contributed by atoms with van der Waals surface area (Å²) in [6.07, 6.45) is 4.44. The van der Waals surface area contributed by atoms with Crippen molar-refractivity contribution in [2.24, 2.45) is 17.8 Å². The normalized spacial score (nSPS) is 23.3. The molecule has 2 atom stereocenters. The van der Waals surface area contributed by atoms with Gasteiger partial charge in [0, 0.05) is 24.4 Å². The van der Waals surface area contributed by atoms with Crippen molar-refractivity contribution in [3.05, 3.63) is 36.2 Å². The second kappa shape index (κ2) is 5.55. The molecule has 1 aromatic carbocycles. The fourth-order valence-corrected chi connectivity index (χ4v) is 3.12. The van der Waals surface area contributed by atoms with E-state index in [1.807, 2.05) is 30.3 Å². The molecule has 2 fully saturated rings. The standard InChI is InChI=1S/C17H20N4O/c22-17(14-10-13(14)11-6-7-11)18-9-8-15-19-16(21-20-15)12-4-2-1-3-5-12/h1-5,11,13-14H,6-10H2,(H,18,22)(H,19,20,21)/t13-,14+/m1/s1. The average molecular weight is 296 g/mol. The van der Waals surface area contributed by atoms with E-state index in [-0.39, 0.29) is 11.8 Å². The van der Waals surface area contributed by atoms with E-state index in [0.717, 1.165) is 23.7 Å². The van der Waals surface area contributed by atoms with E-state index in [9.17, 15) is 4.79 Å². The topological polar surface area (TPSA) is 70.7 Å². The van der Waals surface area contributed by atoms with Gasteiger partial charge in [0.1, 0.15) is 5.82 Å². The van der Waals surface area contributed by atoms with Crippen LogP contribution in [-0.2, 0) is 11.2 Å². The van der Waals surface area contributed by atoms with Crippen molar-refractivity contribution in [1.29, 1.82) is 0 Å². The molecule has 114 valence electrons. The number of aromatic nitrogens is 3. The van der Waals surface area contributed by atoms with Crippen LogP contribution in [0.5, 0.6) is 0 Å². The van der Waals surface area contributed by atoms with Gasteiger partial charge in [-0.25, -0.2) is 4.98 Å². The van der Waals surface area contributed by atoms with Crippen molar-refractivity contribution in [2.75, 3.05) is 6.54 Å².